The van der Waals surface area contributed by atoms with Gasteiger partial charge in [-0.1, -0.05) is 6.92 Å². The smallest absolute Gasteiger partial charge is 0.334 e. The molecule has 0 aliphatic carbocycles. The van der Waals surface area contributed by atoms with Crippen LogP contribution in [0.25, 0.3) is 0 Å². The van der Waals surface area contributed by atoms with Gasteiger partial charge < -0.3 is 4.74 Å². The summed E-state index contributed by atoms with van der Waals surface area (Å²) in [7, 11) is 0. The number of rotatable bonds is 1. The molecule has 0 unspecified atom stereocenters. The van der Waals surface area contributed by atoms with Gasteiger partial charge in [0.1, 0.15) is 6.10 Å². The number of carbonyl (C=O) groups is 1. The van der Waals surface area contributed by atoms with Gasteiger partial charge in [-0.25, -0.2) is 4.79 Å². The standard InChI is InChI=1S/C7H10O2/c1-3-6-4-5(2)9-7(6)8/h4-5H,3H2,1-2H3/t5-/m1/s1. The molecular weight excluding hydrogens is 116 g/mol. The third-order valence-electron chi connectivity index (χ3n) is 1.37. The van der Waals surface area contributed by atoms with Gasteiger partial charge in [-0.15, -0.1) is 0 Å². The van der Waals surface area contributed by atoms with Gasteiger partial charge in [0.05, 0.1) is 0 Å². The van der Waals surface area contributed by atoms with Crippen LogP contribution in [0.15, 0.2) is 11.6 Å². The Kier molecular flexibility index (Phi) is 1.56. The van der Waals surface area contributed by atoms with Crippen LogP contribution in [0.1, 0.15) is 20.3 Å². The first-order valence-corrected chi connectivity index (χ1v) is 3.15. The van der Waals surface area contributed by atoms with Crippen molar-refractivity contribution in [1.82, 2.24) is 0 Å². The second-order valence-corrected chi connectivity index (χ2v) is 2.16. The maximum atomic E-state index is 10.7. The van der Waals surface area contributed by atoms with Gasteiger partial charge in [0, 0.05) is 5.57 Å². The largest absolute Gasteiger partial charge is 0.455 e. The summed E-state index contributed by atoms with van der Waals surface area (Å²) in [5.74, 6) is -0.148. The van der Waals surface area contributed by atoms with Crippen molar-refractivity contribution in [2.75, 3.05) is 0 Å². The maximum Gasteiger partial charge on any atom is 0.334 e. The Morgan fingerprint density at radius 1 is 1.78 bits per heavy atom. The van der Waals surface area contributed by atoms with Crippen LogP contribution in [0.3, 0.4) is 0 Å². The summed E-state index contributed by atoms with van der Waals surface area (Å²) in [6, 6.07) is 0. The maximum absolute atomic E-state index is 10.7. The number of carbonyl (C=O) groups excluding carboxylic acids is 1. The van der Waals surface area contributed by atoms with Crippen molar-refractivity contribution in [2.45, 2.75) is 26.4 Å². The van der Waals surface area contributed by atoms with E-state index in [2.05, 4.69) is 0 Å². The lowest BCUT2D eigenvalue weighted by Gasteiger charge is -1.96. The highest BCUT2D eigenvalue weighted by Gasteiger charge is 2.19. The minimum atomic E-state index is -0.148. The first-order chi connectivity index (χ1) is 4.24. The van der Waals surface area contributed by atoms with Crippen LogP contribution < -0.4 is 0 Å². The first kappa shape index (κ1) is 6.33. The summed E-state index contributed by atoms with van der Waals surface area (Å²) in [5.41, 5.74) is 0.808. The minimum absolute atomic E-state index is 0.00699. The Morgan fingerprint density at radius 2 is 2.44 bits per heavy atom. The second-order valence-electron chi connectivity index (χ2n) is 2.16. The summed E-state index contributed by atoms with van der Waals surface area (Å²) in [6.45, 7) is 3.81. The van der Waals surface area contributed by atoms with Gasteiger partial charge in [0.2, 0.25) is 0 Å². The second kappa shape index (κ2) is 2.21. The Balaban J connectivity index is 2.68. The van der Waals surface area contributed by atoms with Gasteiger partial charge in [0.25, 0.3) is 0 Å². The van der Waals surface area contributed by atoms with E-state index in [1.165, 1.54) is 0 Å². The van der Waals surface area contributed by atoms with Crippen LogP contribution in [-0.2, 0) is 9.53 Å². The van der Waals surface area contributed by atoms with Crippen molar-refractivity contribution in [3.63, 3.8) is 0 Å². The summed E-state index contributed by atoms with van der Waals surface area (Å²) >= 11 is 0. The van der Waals surface area contributed by atoms with Crippen LogP contribution in [0.5, 0.6) is 0 Å². The lowest BCUT2D eigenvalue weighted by molar-refractivity contribution is -0.139. The molecule has 0 aromatic rings. The molecule has 0 amide bonds. The number of ether oxygens (including phenoxy) is 1. The van der Waals surface area contributed by atoms with Crippen LogP contribution in [0, 0.1) is 0 Å². The van der Waals surface area contributed by atoms with Crippen molar-refractivity contribution in [1.29, 1.82) is 0 Å². The molecular formula is C7H10O2. The molecule has 0 aromatic carbocycles. The van der Waals surface area contributed by atoms with Gasteiger partial charge in [-0.05, 0) is 19.4 Å². The molecule has 1 rings (SSSR count). The molecule has 0 spiro atoms. The fourth-order valence-corrected chi connectivity index (χ4v) is 0.892. The number of cyclic esters (lactones) is 1. The highest BCUT2D eigenvalue weighted by molar-refractivity contribution is 5.90. The normalized spacial score (nSPS) is 25.8. The third kappa shape index (κ3) is 1.12. The molecule has 0 fully saturated rings. The minimum Gasteiger partial charge on any atom is -0.455 e. The van der Waals surface area contributed by atoms with E-state index in [0.717, 1.165) is 12.0 Å². The molecule has 0 radical (unpaired) electrons. The summed E-state index contributed by atoms with van der Waals surface area (Å²) < 4.78 is 4.83. The lowest BCUT2D eigenvalue weighted by Crippen LogP contribution is -2.03. The van der Waals surface area contributed by atoms with Gasteiger partial charge in [0.15, 0.2) is 0 Å². The summed E-state index contributed by atoms with van der Waals surface area (Å²) in [6.07, 6.45) is 2.64. The SMILES string of the molecule is CCC1=C[C@@H](C)OC1=O. The topological polar surface area (TPSA) is 26.3 Å². The molecule has 50 valence electrons. The Labute approximate surface area is 54.5 Å². The van der Waals surface area contributed by atoms with E-state index in [1.807, 2.05) is 19.9 Å². The number of hydrogen-bond donors (Lipinski definition) is 0. The molecule has 0 saturated carbocycles. The monoisotopic (exact) mass is 126 g/mol. The Morgan fingerprint density at radius 3 is 2.67 bits per heavy atom. The van der Waals surface area contributed by atoms with E-state index >= 15 is 0 Å². The number of esters is 1. The van der Waals surface area contributed by atoms with Crippen molar-refractivity contribution >= 4 is 5.97 Å². The van der Waals surface area contributed by atoms with Gasteiger partial charge in [-0.2, -0.15) is 0 Å². The van der Waals surface area contributed by atoms with Gasteiger partial charge in [-0.3, -0.25) is 0 Å². The number of hydrogen-bond acceptors (Lipinski definition) is 2. The molecule has 1 aliphatic rings. The van der Waals surface area contributed by atoms with Crippen molar-refractivity contribution in [3.8, 4) is 0 Å². The van der Waals surface area contributed by atoms with E-state index in [9.17, 15) is 4.79 Å². The highest BCUT2D eigenvalue weighted by Crippen LogP contribution is 2.14. The molecule has 2 heteroatoms. The van der Waals surface area contributed by atoms with Crippen LogP contribution >= 0.6 is 0 Å². The fraction of sp³-hybridized carbons (Fsp3) is 0.571. The molecule has 0 saturated heterocycles. The molecule has 1 atom stereocenters. The van der Waals surface area contributed by atoms with Crippen molar-refractivity contribution < 1.29 is 9.53 Å². The quantitative estimate of drug-likeness (QED) is 0.494. The zero-order valence-corrected chi connectivity index (χ0v) is 5.68. The van der Waals surface area contributed by atoms with E-state index in [4.69, 9.17) is 4.74 Å². The lowest BCUT2D eigenvalue weighted by atomic mass is 10.2. The van der Waals surface area contributed by atoms with Crippen LogP contribution in [-0.4, -0.2) is 12.1 Å². The summed E-state index contributed by atoms with van der Waals surface area (Å²) in [4.78, 5) is 10.7. The molecule has 1 aliphatic heterocycles. The molecule has 9 heavy (non-hydrogen) atoms. The molecule has 1 heterocycles. The van der Waals surface area contributed by atoms with Gasteiger partial charge >= 0.3 is 5.97 Å². The zero-order chi connectivity index (χ0) is 6.85. The average Bonchev–Trinajstić information content (AvgIpc) is 2.10. The van der Waals surface area contributed by atoms with Crippen molar-refractivity contribution in [2.24, 2.45) is 0 Å². The summed E-state index contributed by atoms with van der Waals surface area (Å²) in [5, 5.41) is 0. The fourth-order valence-electron chi connectivity index (χ4n) is 0.892. The first-order valence-electron chi connectivity index (χ1n) is 3.15. The van der Waals surface area contributed by atoms with Crippen molar-refractivity contribution in [3.05, 3.63) is 11.6 Å². The Bertz CT molecular complexity index is 158. The predicted octanol–water partition coefficient (Wildman–Crippen LogP) is 1.27. The van der Waals surface area contributed by atoms with Crippen LogP contribution in [0.4, 0.5) is 0 Å². The average molecular weight is 126 g/mol. The molecule has 2 nitrogen and oxygen atoms in total. The van der Waals surface area contributed by atoms with E-state index < -0.39 is 0 Å². The third-order valence-corrected chi connectivity index (χ3v) is 1.37. The predicted molar refractivity (Wildman–Crippen MR) is 33.9 cm³/mol. The Hall–Kier alpha value is -0.790. The molecule has 0 aromatic heterocycles. The van der Waals surface area contributed by atoms with E-state index in [0.29, 0.717) is 0 Å². The molecule has 0 N–H and O–H groups in total. The van der Waals surface area contributed by atoms with E-state index in [-0.39, 0.29) is 12.1 Å². The van der Waals surface area contributed by atoms with E-state index in [1.54, 1.807) is 0 Å². The van der Waals surface area contributed by atoms with Crippen LogP contribution in [0.2, 0.25) is 0 Å². The molecule has 0 bridgehead atoms. The highest BCUT2D eigenvalue weighted by atomic mass is 16.5. The zero-order valence-electron chi connectivity index (χ0n) is 5.68.